The Morgan fingerprint density at radius 3 is 2.39 bits per heavy atom. The Balaban J connectivity index is 1.57. The normalized spacial score (nSPS) is 12.0. The molecule has 1 atom stereocenters. The summed E-state index contributed by atoms with van der Waals surface area (Å²) in [5.74, 6) is 0.411. The van der Waals surface area contributed by atoms with Crippen LogP contribution in [0.3, 0.4) is 0 Å². The van der Waals surface area contributed by atoms with E-state index >= 15 is 0 Å². The first kappa shape index (κ1) is 20.4. The van der Waals surface area contributed by atoms with Crippen LogP contribution in [-0.2, 0) is 11.8 Å². The molecule has 3 aromatic heterocycles. The lowest BCUT2D eigenvalue weighted by molar-refractivity contribution is -0.124. The van der Waals surface area contributed by atoms with E-state index in [1.54, 1.807) is 41.2 Å². The summed E-state index contributed by atoms with van der Waals surface area (Å²) in [5, 5.41) is 20.4. The van der Waals surface area contributed by atoms with Crippen molar-refractivity contribution >= 4 is 5.91 Å². The summed E-state index contributed by atoms with van der Waals surface area (Å²) >= 11 is 0. The fraction of sp³-hybridized carbons (Fsp3) is 0.227. The van der Waals surface area contributed by atoms with Gasteiger partial charge >= 0.3 is 0 Å². The van der Waals surface area contributed by atoms with Crippen LogP contribution in [0, 0.1) is 0 Å². The van der Waals surface area contributed by atoms with Gasteiger partial charge in [-0.2, -0.15) is 10.2 Å². The van der Waals surface area contributed by atoms with Gasteiger partial charge in [0.25, 0.3) is 0 Å². The average Bonchev–Trinajstić information content (AvgIpc) is 3.47. The predicted molar refractivity (Wildman–Crippen MR) is 116 cm³/mol. The molecule has 0 saturated heterocycles. The molecule has 4 aromatic rings. The van der Waals surface area contributed by atoms with Crippen molar-refractivity contribution in [3.05, 3.63) is 61.4 Å². The molecule has 2 N–H and O–H groups in total. The first-order valence-corrected chi connectivity index (χ1v) is 9.87. The minimum Gasteiger partial charge on any atom is -0.396 e. The number of likely N-dealkylation sites (N-methyl/N-ethyl adjacent to an activating group) is 1. The minimum atomic E-state index is -0.570. The molecule has 0 saturated carbocycles. The molecule has 31 heavy (non-hydrogen) atoms. The van der Waals surface area contributed by atoms with Crippen LogP contribution in [0.2, 0.25) is 0 Å². The minimum absolute atomic E-state index is 0.108. The van der Waals surface area contributed by atoms with Crippen molar-refractivity contribution in [2.24, 2.45) is 7.05 Å². The highest BCUT2D eigenvalue weighted by Gasteiger charge is 2.20. The summed E-state index contributed by atoms with van der Waals surface area (Å²) < 4.78 is 3.32. The fourth-order valence-electron chi connectivity index (χ4n) is 3.36. The van der Waals surface area contributed by atoms with Crippen molar-refractivity contribution in [1.29, 1.82) is 0 Å². The van der Waals surface area contributed by atoms with Gasteiger partial charge in [0.15, 0.2) is 5.82 Å². The number of hydrogen-bond donors (Lipinski definition) is 2. The van der Waals surface area contributed by atoms with Gasteiger partial charge in [0, 0.05) is 74.2 Å². The second kappa shape index (κ2) is 8.88. The summed E-state index contributed by atoms with van der Waals surface area (Å²) in [4.78, 5) is 21.1. The van der Waals surface area contributed by atoms with E-state index in [4.69, 9.17) is 0 Å². The molecule has 4 rings (SSSR count). The fourth-order valence-corrected chi connectivity index (χ4v) is 3.36. The van der Waals surface area contributed by atoms with Gasteiger partial charge in [0.1, 0.15) is 6.04 Å². The zero-order valence-corrected chi connectivity index (χ0v) is 17.3. The van der Waals surface area contributed by atoms with Crippen LogP contribution in [0.5, 0.6) is 0 Å². The number of aliphatic hydroxyl groups excluding tert-OH is 1. The third kappa shape index (κ3) is 4.36. The first-order valence-electron chi connectivity index (χ1n) is 9.87. The van der Waals surface area contributed by atoms with Crippen LogP contribution >= 0.6 is 0 Å². The lowest BCUT2D eigenvalue weighted by Gasteiger charge is -2.14. The number of rotatable bonds is 7. The molecular formula is C22H23N7O2. The summed E-state index contributed by atoms with van der Waals surface area (Å²) in [7, 11) is 3.45. The van der Waals surface area contributed by atoms with E-state index in [0.29, 0.717) is 5.82 Å². The molecule has 1 aromatic carbocycles. The Hall–Kier alpha value is -3.85. The number of nitrogens with zero attached hydrogens (tertiary/aromatic N) is 6. The van der Waals surface area contributed by atoms with Crippen molar-refractivity contribution in [1.82, 2.24) is 34.8 Å². The van der Waals surface area contributed by atoms with Gasteiger partial charge in [-0.05, 0) is 11.6 Å². The number of benzene rings is 1. The maximum atomic E-state index is 12.1. The number of aromatic nitrogens is 6. The molecule has 0 radical (unpaired) electrons. The second-order valence-electron chi connectivity index (χ2n) is 7.13. The van der Waals surface area contributed by atoms with Crippen LogP contribution in [0.15, 0.2) is 61.4 Å². The van der Waals surface area contributed by atoms with Crippen LogP contribution in [-0.4, -0.2) is 54.2 Å². The lowest BCUT2D eigenvalue weighted by atomic mass is 10.1. The Bertz CT molecular complexity index is 1180. The second-order valence-corrected chi connectivity index (χ2v) is 7.13. The highest BCUT2D eigenvalue weighted by molar-refractivity contribution is 5.80. The average molecular weight is 417 g/mol. The van der Waals surface area contributed by atoms with E-state index in [1.807, 2.05) is 43.7 Å². The molecule has 3 heterocycles. The molecule has 9 heteroatoms. The van der Waals surface area contributed by atoms with Gasteiger partial charge in [0.2, 0.25) is 5.91 Å². The number of carbonyl (C=O) groups is 1. The number of hydrogen-bond acceptors (Lipinski definition) is 6. The molecule has 0 bridgehead atoms. The number of nitrogens with one attached hydrogen (secondary N) is 1. The van der Waals surface area contributed by atoms with Gasteiger partial charge in [-0.3, -0.25) is 14.2 Å². The van der Waals surface area contributed by atoms with E-state index in [2.05, 4.69) is 25.5 Å². The van der Waals surface area contributed by atoms with Crippen molar-refractivity contribution < 1.29 is 9.90 Å². The summed E-state index contributed by atoms with van der Waals surface area (Å²) in [6.07, 6.45) is 11.0. The quantitative estimate of drug-likeness (QED) is 0.476. The Labute approximate surface area is 179 Å². The van der Waals surface area contributed by atoms with E-state index in [-0.39, 0.29) is 18.9 Å². The largest absolute Gasteiger partial charge is 0.396 e. The van der Waals surface area contributed by atoms with E-state index in [9.17, 15) is 9.90 Å². The van der Waals surface area contributed by atoms with Crippen LogP contribution in [0.4, 0.5) is 0 Å². The summed E-state index contributed by atoms with van der Waals surface area (Å²) in [6.45, 7) is -0.108. The third-order valence-electron chi connectivity index (χ3n) is 5.02. The Morgan fingerprint density at radius 2 is 1.71 bits per heavy atom. The Kier molecular flexibility index (Phi) is 5.85. The standard InChI is InChI=1S/C22H23N7O2/c1-23-22(31)20(6-7-30)29-14-19(12-27-29)17-9-24-21(25-10-17)16-5-3-4-15(8-16)18-11-26-28(2)13-18/h3-5,8-14,20,30H,6-7H2,1-2H3,(H,23,31). The molecule has 0 aliphatic heterocycles. The third-order valence-corrected chi connectivity index (χ3v) is 5.02. The highest BCUT2D eigenvalue weighted by atomic mass is 16.3. The van der Waals surface area contributed by atoms with Gasteiger partial charge in [0.05, 0.1) is 12.4 Å². The van der Waals surface area contributed by atoms with Crippen molar-refractivity contribution in [3.63, 3.8) is 0 Å². The van der Waals surface area contributed by atoms with Gasteiger partial charge < -0.3 is 10.4 Å². The molecule has 0 aliphatic rings. The molecule has 1 unspecified atom stereocenters. The molecule has 1 amide bonds. The zero-order chi connectivity index (χ0) is 21.8. The maximum absolute atomic E-state index is 12.1. The smallest absolute Gasteiger partial charge is 0.244 e. The number of carbonyl (C=O) groups excluding carboxylic acids is 1. The van der Waals surface area contributed by atoms with E-state index in [1.165, 1.54) is 0 Å². The Morgan fingerprint density at radius 1 is 1.00 bits per heavy atom. The summed E-state index contributed by atoms with van der Waals surface area (Å²) in [6, 6.07) is 7.43. The molecule has 0 fully saturated rings. The predicted octanol–water partition coefficient (Wildman–Crippen LogP) is 2.08. The van der Waals surface area contributed by atoms with Crippen LogP contribution < -0.4 is 5.32 Å². The summed E-state index contributed by atoms with van der Waals surface area (Å²) in [5.41, 5.74) is 4.57. The number of aliphatic hydroxyl groups is 1. The van der Waals surface area contributed by atoms with Crippen molar-refractivity contribution in [2.75, 3.05) is 13.7 Å². The number of amides is 1. The molecule has 9 nitrogen and oxygen atoms in total. The SMILES string of the molecule is CNC(=O)C(CCO)n1cc(-c2cnc(-c3cccc(-c4cnn(C)c4)c3)nc2)cn1. The maximum Gasteiger partial charge on any atom is 0.244 e. The zero-order valence-electron chi connectivity index (χ0n) is 17.3. The molecule has 158 valence electrons. The van der Waals surface area contributed by atoms with E-state index in [0.717, 1.165) is 27.8 Å². The van der Waals surface area contributed by atoms with E-state index < -0.39 is 6.04 Å². The number of aryl methyl sites for hydroxylation is 1. The van der Waals surface area contributed by atoms with Crippen LogP contribution in [0.25, 0.3) is 33.6 Å². The topological polar surface area (TPSA) is 111 Å². The van der Waals surface area contributed by atoms with Gasteiger partial charge in [-0.25, -0.2) is 9.97 Å². The highest BCUT2D eigenvalue weighted by Crippen LogP contribution is 2.25. The van der Waals surface area contributed by atoms with Crippen LogP contribution in [0.1, 0.15) is 12.5 Å². The van der Waals surface area contributed by atoms with Gasteiger partial charge in [-0.1, -0.05) is 18.2 Å². The van der Waals surface area contributed by atoms with Crippen molar-refractivity contribution in [2.45, 2.75) is 12.5 Å². The molecule has 0 aliphatic carbocycles. The van der Waals surface area contributed by atoms with Crippen molar-refractivity contribution in [3.8, 4) is 33.6 Å². The molecular weight excluding hydrogens is 394 g/mol. The first-order chi connectivity index (χ1) is 15.1. The van der Waals surface area contributed by atoms with Gasteiger partial charge in [-0.15, -0.1) is 0 Å². The molecule has 0 spiro atoms. The monoisotopic (exact) mass is 417 g/mol. The lowest BCUT2D eigenvalue weighted by Crippen LogP contribution is -2.30.